The van der Waals surface area contributed by atoms with Crippen molar-refractivity contribution in [1.29, 1.82) is 0 Å². The van der Waals surface area contributed by atoms with Crippen LogP contribution in [0.2, 0.25) is 0 Å². The van der Waals surface area contributed by atoms with Crippen LogP contribution in [-0.4, -0.2) is 153 Å². The number of aryl methyl sites for hydroxylation is 2. The quantitative estimate of drug-likeness (QED) is 0.0158. The minimum absolute atomic E-state index is 0. The van der Waals surface area contributed by atoms with Crippen molar-refractivity contribution in [3.63, 3.8) is 0 Å². The van der Waals surface area contributed by atoms with E-state index in [0.29, 0.717) is 85.4 Å². The number of benzene rings is 3. The predicted molar refractivity (Wildman–Crippen MR) is 472 cm³/mol. The van der Waals surface area contributed by atoms with Gasteiger partial charge in [0.05, 0.1) is 76.3 Å². The highest BCUT2D eigenvalue weighted by Gasteiger charge is 2.19. The Morgan fingerprint density at radius 1 is 0.398 bits per heavy atom. The third kappa shape index (κ3) is 35.2. The molecule has 0 saturated heterocycles. The minimum atomic E-state index is -0.109. The number of rotatable bonds is 44. The molecule has 0 unspecified atom stereocenters. The van der Waals surface area contributed by atoms with Gasteiger partial charge >= 0.3 is 0 Å². The molecule has 10 rings (SSSR count). The number of pyridine rings is 2. The van der Waals surface area contributed by atoms with E-state index in [1.165, 1.54) is 17.3 Å². The molecule has 0 bridgehead atoms. The van der Waals surface area contributed by atoms with E-state index in [0.717, 1.165) is 136 Å². The summed E-state index contributed by atoms with van der Waals surface area (Å²) in [5, 5.41) is 52.9. The lowest BCUT2D eigenvalue weighted by Crippen LogP contribution is -2.25. The van der Waals surface area contributed by atoms with Crippen LogP contribution in [0.4, 0.5) is 47.1 Å². The Morgan fingerprint density at radius 3 is 1.19 bits per heavy atom. The number of aliphatic hydroxyl groups is 4. The van der Waals surface area contributed by atoms with E-state index in [4.69, 9.17) is 51.4 Å². The van der Waals surface area contributed by atoms with Crippen LogP contribution in [0, 0.1) is 0 Å². The van der Waals surface area contributed by atoms with Gasteiger partial charge in [-0.1, -0.05) is 127 Å². The number of unbranched alkanes of at least 4 members (excludes halogenated alkanes) is 3. The van der Waals surface area contributed by atoms with Gasteiger partial charge in [0.15, 0.2) is 46.3 Å². The van der Waals surface area contributed by atoms with E-state index in [1.54, 1.807) is 32.8 Å². The summed E-state index contributed by atoms with van der Waals surface area (Å²) in [6.07, 6.45) is 28.6. The van der Waals surface area contributed by atoms with Crippen LogP contribution in [0.15, 0.2) is 140 Å². The molecular formula is C80H121N19O10S4. The third-order valence-corrected chi connectivity index (χ3v) is 17.4. The molecule has 0 spiro atoms. The van der Waals surface area contributed by atoms with Gasteiger partial charge in [0.25, 0.3) is 0 Å². The van der Waals surface area contributed by atoms with Gasteiger partial charge in [0.2, 0.25) is 23.8 Å². The number of aliphatic hydroxyl groups excluding tert-OH is 4. The van der Waals surface area contributed by atoms with Crippen molar-refractivity contribution < 1.29 is 48.8 Å². The minimum Gasteiger partial charge on any atom is -0.497 e. The van der Waals surface area contributed by atoms with Crippen molar-refractivity contribution in [3.05, 3.63) is 163 Å². The fraction of sp³-hybridized carbons (Fsp3) is 0.450. The Balaban J connectivity index is 0.000000386. The fourth-order valence-electron chi connectivity index (χ4n) is 11.5. The second-order valence-electron chi connectivity index (χ2n) is 26.0. The van der Waals surface area contributed by atoms with E-state index in [1.807, 2.05) is 95.8 Å². The highest BCUT2D eigenvalue weighted by Crippen LogP contribution is 2.30. The Kier molecular flexibility index (Phi) is 48.3. The van der Waals surface area contributed by atoms with Crippen LogP contribution in [0.3, 0.4) is 0 Å². The molecule has 0 aliphatic carbocycles. The normalized spacial score (nSPS) is 11.6. The largest absolute Gasteiger partial charge is 0.497 e. The Bertz CT molecular complexity index is 4170. The number of ether oxygens (including phenoxy) is 6. The van der Waals surface area contributed by atoms with Gasteiger partial charge in [-0.05, 0) is 130 Å². The van der Waals surface area contributed by atoms with Crippen molar-refractivity contribution >= 4 is 117 Å². The standard InChI is InChI=1S/C21H27N5O2.C21H32N4O3.C20H30N4O3.C18H24N6O2.4H2S/c1-2-3-8-17(9-10-27)25-20-19(13-24-21(22)26-20)28-14-18-11-15-6-4-5-7-16(15)12-23-18;1-3-4-7-17(12-13-26)24-20-19(15-23-21(22)25-20)28-14-5-6-16-8-10-18(27-2)11-9-16;1-3-5-16(11-12-25)23-19-18(14-22-20(21)24-19)27-13-4-6-15-7-9-17(26-2)10-8-15;1-2-3-6-13(11-25)22-17-15(9-20-18(19)23-17)26-12-14-10-24-8-5-4-7-16(24)21-14;;;;/h4-7,11-13,17,27H,2-3,8-10,14H2,1H3,(H3,22,24,25,26);8-11,15,17,26H,3-7,12-14H2,1-2H3,(H3,22,23,24,25);7-10,14,16,25H,3-6,11-13H2,1-2H3,(H3,21,22,23,24);4-5,7-10,13,25H,2-3,6,11-12H2,1H3,(H3,19,20,22,23);4*1H2/t2*17-;16-;13-;;;;/m0000..../s1. The van der Waals surface area contributed by atoms with Gasteiger partial charge in [0.1, 0.15) is 30.4 Å². The van der Waals surface area contributed by atoms with Gasteiger partial charge in [-0.25, -0.2) is 24.9 Å². The lowest BCUT2D eigenvalue weighted by molar-refractivity contribution is 0.265. The maximum absolute atomic E-state index is 9.57. The lowest BCUT2D eigenvalue weighted by atomic mass is 10.1. The molecule has 620 valence electrons. The number of aromatic nitrogens is 11. The van der Waals surface area contributed by atoms with Crippen LogP contribution in [0.5, 0.6) is 34.5 Å². The number of fused-ring (bicyclic) bond motifs is 2. The molecule has 29 nitrogen and oxygen atoms in total. The molecule has 16 N–H and O–H groups in total. The number of imidazole rings is 1. The Labute approximate surface area is 692 Å². The molecule has 113 heavy (non-hydrogen) atoms. The van der Waals surface area contributed by atoms with E-state index in [2.05, 4.69) is 123 Å². The molecule has 10 aromatic rings. The molecule has 0 fully saturated rings. The zero-order chi connectivity index (χ0) is 77.8. The zero-order valence-electron chi connectivity index (χ0n) is 65.9. The number of nitrogens with two attached hydrogens (primary N) is 4. The highest BCUT2D eigenvalue weighted by molar-refractivity contribution is 7.59. The first kappa shape index (κ1) is 97.7. The predicted octanol–water partition coefficient (Wildman–Crippen LogP) is 12.7. The summed E-state index contributed by atoms with van der Waals surface area (Å²) in [4.78, 5) is 42.2. The van der Waals surface area contributed by atoms with Crippen molar-refractivity contribution in [3.8, 4) is 34.5 Å². The molecule has 0 aliphatic rings. The van der Waals surface area contributed by atoms with E-state index in [9.17, 15) is 20.4 Å². The zero-order valence-corrected chi connectivity index (χ0v) is 69.9. The summed E-state index contributed by atoms with van der Waals surface area (Å²) in [5.74, 6) is 6.80. The Hall–Kier alpha value is -9.48. The van der Waals surface area contributed by atoms with Crippen LogP contribution >= 0.6 is 54.0 Å². The van der Waals surface area contributed by atoms with Gasteiger partial charge in [-0.15, -0.1) is 0 Å². The number of nitrogen functional groups attached to an aromatic ring is 4. The average molecular weight is 1640 g/mol. The first-order chi connectivity index (χ1) is 53.2. The molecule has 3 aromatic carbocycles. The molecule has 4 atom stereocenters. The average Bonchev–Trinajstić information content (AvgIpc) is 1.59. The summed E-state index contributed by atoms with van der Waals surface area (Å²) < 4.78 is 35.9. The number of nitrogens with one attached hydrogen (secondary N) is 4. The number of anilines is 8. The summed E-state index contributed by atoms with van der Waals surface area (Å²) in [7, 11) is 3.32. The molecule has 0 saturated carbocycles. The van der Waals surface area contributed by atoms with Crippen molar-refractivity contribution in [2.24, 2.45) is 0 Å². The summed E-state index contributed by atoms with van der Waals surface area (Å²) in [6.45, 7) is 10.6. The van der Waals surface area contributed by atoms with Crippen molar-refractivity contribution in [2.75, 3.05) is 98.1 Å². The molecule has 0 amide bonds. The third-order valence-electron chi connectivity index (χ3n) is 17.4. The van der Waals surface area contributed by atoms with Crippen LogP contribution in [0.25, 0.3) is 16.4 Å². The first-order valence-corrected chi connectivity index (χ1v) is 37.7. The fourth-order valence-corrected chi connectivity index (χ4v) is 11.5. The molecule has 7 heterocycles. The smallest absolute Gasteiger partial charge is 0.222 e. The summed E-state index contributed by atoms with van der Waals surface area (Å²) in [6, 6.07) is 32.2. The monoisotopic (exact) mass is 1640 g/mol. The van der Waals surface area contributed by atoms with Gasteiger partial charge in [-0.3, -0.25) is 4.98 Å². The molecule has 7 aromatic heterocycles. The maximum atomic E-state index is 9.57. The molecule has 0 aliphatic heterocycles. The summed E-state index contributed by atoms with van der Waals surface area (Å²) >= 11 is 0. The van der Waals surface area contributed by atoms with E-state index < -0.39 is 0 Å². The molecule has 0 radical (unpaired) electrons. The molecule has 33 heteroatoms. The van der Waals surface area contributed by atoms with E-state index in [-0.39, 0.29) is 135 Å². The number of nitrogens with zero attached hydrogens (tertiary/aromatic N) is 11. The van der Waals surface area contributed by atoms with Gasteiger partial charge < -0.3 is 97.4 Å². The van der Waals surface area contributed by atoms with Crippen molar-refractivity contribution in [2.45, 2.75) is 181 Å². The Morgan fingerprint density at radius 2 is 0.788 bits per heavy atom. The van der Waals surface area contributed by atoms with Gasteiger partial charge in [0, 0.05) is 61.9 Å². The topological polar surface area (TPSA) is 422 Å². The lowest BCUT2D eigenvalue weighted by Gasteiger charge is -2.20. The second kappa shape index (κ2) is 55.9. The van der Waals surface area contributed by atoms with E-state index >= 15 is 0 Å². The van der Waals surface area contributed by atoms with Crippen molar-refractivity contribution in [1.82, 2.24) is 54.2 Å². The van der Waals surface area contributed by atoms with Crippen LogP contribution in [-0.2, 0) is 26.1 Å². The van der Waals surface area contributed by atoms with Crippen LogP contribution < -0.4 is 72.6 Å². The SMILES string of the molecule is CCCC[C@@H](CCO)Nc1nc(N)ncc1OCCCc1ccc(OC)cc1.CCCC[C@@H](CCO)Nc1nc(N)ncc1OCc1cc2ccccc2cn1.CCCC[C@@H](CO)Nc1nc(N)ncc1OCc1cn2ccccc2n1.CCC[C@@H](CCO)Nc1nc(N)ncc1OCCCc1ccc(OC)cc1.S.S.S.S. The van der Waals surface area contributed by atoms with Gasteiger partial charge in [-0.2, -0.15) is 73.9 Å². The second-order valence-corrected chi connectivity index (χ2v) is 26.0. The number of methoxy groups -OCH3 is 2. The maximum Gasteiger partial charge on any atom is 0.222 e. The number of hydrogen-bond acceptors (Lipinski definition) is 28. The first-order valence-electron chi connectivity index (χ1n) is 37.7. The summed E-state index contributed by atoms with van der Waals surface area (Å²) in [5.41, 5.74) is 27.9. The van der Waals surface area contributed by atoms with Crippen LogP contribution in [0.1, 0.15) is 153 Å². The molecular weight excluding hydrogens is 1520 g/mol. The number of hydrogen-bond donors (Lipinski definition) is 12. The highest BCUT2D eigenvalue weighted by atomic mass is 32.1.